The monoisotopic (exact) mass is 418 g/mol. The third-order valence-corrected chi connectivity index (χ3v) is 4.79. The second-order valence-electron chi connectivity index (χ2n) is 7.35. The lowest BCUT2D eigenvalue weighted by atomic mass is 9.78. The van der Waals surface area contributed by atoms with Crippen molar-refractivity contribution < 1.29 is 35.3 Å². The minimum Gasteiger partial charge on any atom is -0.459 e. The Morgan fingerprint density at radius 3 is 2.21 bits per heavy atom. The van der Waals surface area contributed by atoms with Crippen LogP contribution < -0.4 is 4.18 Å². The van der Waals surface area contributed by atoms with Crippen LogP contribution in [0.5, 0.6) is 5.75 Å². The van der Waals surface area contributed by atoms with Crippen molar-refractivity contribution in [1.82, 2.24) is 0 Å². The van der Waals surface area contributed by atoms with Crippen LogP contribution in [0.15, 0.2) is 48.6 Å². The maximum Gasteiger partial charge on any atom is 0.534 e. The van der Waals surface area contributed by atoms with Gasteiger partial charge in [0.15, 0.2) is 0 Å². The first kappa shape index (κ1) is 22.0. The number of alkyl halides is 3. The van der Waals surface area contributed by atoms with E-state index in [-0.39, 0.29) is 12.0 Å². The predicted octanol–water partition coefficient (Wildman–Crippen LogP) is 4.30. The summed E-state index contributed by atoms with van der Waals surface area (Å²) in [5.74, 6) is -1.09. The first-order valence-electron chi connectivity index (χ1n) is 8.43. The van der Waals surface area contributed by atoms with Crippen LogP contribution in [0.2, 0.25) is 0 Å². The van der Waals surface area contributed by atoms with Gasteiger partial charge in [0.1, 0.15) is 16.8 Å². The normalized spacial score (nSPS) is 16.6. The zero-order valence-electron chi connectivity index (χ0n) is 15.6. The molecular formula is C19H21F3O5S. The van der Waals surface area contributed by atoms with E-state index in [1.165, 1.54) is 18.2 Å². The number of rotatable bonds is 5. The van der Waals surface area contributed by atoms with Gasteiger partial charge in [0.05, 0.1) is 0 Å². The van der Waals surface area contributed by atoms with E-state index in [1.807, 2.05) is 0 Å². The summed E-state index contributed by atoms with van der Waals surface area (Å²) >= 11 is 0. The molecule has 0 bridgehead atoms. The van der Waals surface area contributed by atoms with E-state index in [0.717, 1.165) is 6.07 Å². The summed E-state index contributed by atoms with van der Waals surface area (Å²) < 4.78 is 70.6. The number of halogens is 3. The number of hydrogen-bond acceptors (Lipinski definition) is 5. The van der Waals surface area contributed by atoms with Crippen LogP contribution >= 0.6 is 0 Å². The van der Waals surface area contributed by atoms with Crippen LogP contribution in [0.4, 0.5) is 13.2 Å². The molecule has 1 aromatic rings. The predicted molar refractivity (Wildman–Crippen MR) is 96.9 cm³/mol. The Bertz CT molecular complexity index is 881. The largest absolute Gasteiger partial charge is 0.534 e. The Balaban J connectivity index is 2.42. The van der Waals surface area contributed by atoms with Crippen LogP contribution in [0.1, 0.15) is 32.8 Å². The molecule has 28 heavy (non-hydrogen) atoms. The highest BCUT2D eigenvalue weighted by Gasteiger charge is 2.49. The van der Waals surface area contributed by atoms with E-state index in [4.69, 9.17) is 4.74 Å². The van der Waals surface area contributed by atoms with Crippen molar-refractivity contribution in [3.63, 3.8) is 0 Å². The maximum absolute atomic E-state index is 12.8. The second kappa shape index (κ2) is 7.62. The Hall–Kier alpha value is -2.29. The van der Waals surface area contributed by atoms with E-state index >= 15 is 0 Å². The molecule has 0 amide bonds. The molecule has 0 N–H and O–H groups in total. The van der Waals surface area contributed by atoms with Crippen LogP contribution in [0.3, 0.4) is 0 Å². The van der Waals surface area contributed by atoms with Gasteiger partial charge in [-0.15, -0.1) is 0 Å². The number of allylic oxidation sites excluding steroid dienone is 2. The minimum absolute atomic E-state index is 0.123. The van der Waals surface area contributed by atoms with Gasteiger partial charge in [0.2, 0.25) is 0 Å². The summed E-state index contributed by atoms with van der Waals surface area (Å²) in [5, 5.41) is 0. The van der Waals surface area contributed by atoms with Gasteiger partial charge in [0.25, 0.3) is 0 Å². The van der Waals surface area contributed by atoms with E-state index in [2.05, 4.69) is 4.18 Å². The molecule has 0 aliphatic heterocycles. The Labute approximate surface area is 162 Å². The van der Waals surface area contributed by atoms with Crippen molar-refractivity contribution in [3.8, 4) is 5.75 Å². The van der Waals surface area contributed by atoms with E-state index in [9.17, 15) is 26.4 Å². The summed E-state index contributed by atoms with van der Waals surface area (Å²) in [4.78, 5) is 12.8. The van der Waals surface area contributed by atoms with Crippen LogP contribution in [0.25, 0.3) is 0 Å². The molecule has 0 fully saturated rings. The van der Waals surface area contributed by atoms with Gasteiger partial charge in [-0.2, -0.15) is 21.6 Å². The highest BCUT2D eigenvalue weighted by molar-refractivity contribution is 7.88. The lowest BCUT2D eigenvalue weighted by Gasteiger charge is -2.31. The fraction of sp³-hybridized carbons (Fsp3) is 0.421. The summed E-state index contributed by atoms with van der Waals surface area (Å²) in [6.07, 6.45) is 7.15. The molecule has 1 aliphatic carbocycles. The summed E-state index contributed by atoms with van der Waals surface area (Å²) in [5.41, 5.74) is -7.50. The number of ether oxygens (including phenoxy) is 1. The third kappa shape index (κ3) is 5.15. The third-order valence-electron chi connectivity index (χ3n) is 3.82. The zero-order chi connectivity index (χ0) is 21.2. The fourth-order valence-corrected chi connectivity index (χ4v) is 3.10. The molecule has 5 nitrogen and oxygen atoms in total. The SMILES string of the molecule is CC(C)(C)OC(=O)C1(Cc2ccccc2OS(=O)(=O)C(F)(F)F)C=CCC=C1. The molecule has 154 valence electrons. The van der Waals surface area contributed by atoms with Crippen molar-refractivity contribution in [1.29, 1.82) is 0 Å². The molecule has 0 heterocycles. The maximum atomic E-state index is 12.8. The van der Waals surface area contributed by atoms with Crippen molar-refractivity contribution in [3.05, 3.63) is 54.1 Å². The molecule has 1 aliphatic rings. The number of benzene rings is 1. The van der Waals surface area contributed by atoms with E-state index < -0.39 is 38.4 Å². The average molecular weight is 418 g/mol. The van der Waals surface area contributed by atoms with Crippen LogP contribution in [-0.2, 0) is 26.1 Å². The number of carbonyl (C=O) groups is 1. The second-order valence-corrected chi connectivity index (χ2v) is 8.89. The summed E-state index contributed by atoms with van der Waals surface area (Å²) in [7, 11) is -5.84. The molecule has 0 saturated carbocycles. The fourth-order valence-electron chi connectivity index (χ4n) is 2.60. The number of para-hydroxylation sites is 1. The van der Waals surface area contributed by atoms with Gasteiger partial charge < -0.3 is 8.92 Å². The first-order chi connectivity index (χ1) is 12.8. The summed E-state index contributed by atoms with van der Waals surface area (Å²) in [6.45, 7) is 5.09. The highest BCUT2D eigenvalue weighted by Crippen LogP contribution is 2.37. The molecule has 0 unspecified atom stereocenters. The standard InChI is InChI=1S/C19H21F3O5S/c1-17(2,3)26-16(23)18(11-7-4-8-12-18)13-14-9-5-6-10-15(14)27-28(24,25)19(20,21)22/h5-12H,4,13H2,1-3H3. The van der Waals surface area contributed by atoms with E-state index in [0.29, 0.717) is 6.42 Å². The highest BCUT2D eigenvalue weighted by atomic mass is 32.2. The van der Waals surface area contributed by atoms with Gasteiger partial charge in [-0.1, -0.05) is 42.5 Å². The van der Waals surface area contributed by atoms with Crippen molar-refractivity contribution in [2.45, 2.75) is 44.7 Å². The van der Waals surface area contributed by atoms with Crippen molar-refractivity contribution in [2.75, 3.05) is 0 Å². The molecule has 0 atom stereocenters. The molecule has 0 aromatic heterocycles. The number of esters is 1. The Morgan fingerprint density at radius 2 is 1.68 bits per heavy atom. The summed E-state index contributed by atoms with van der Waals surface area (Å²) in [6, 6.07) is 5.38. The molecule has 0 saturated heterocycles. The van der Waals surface area contributed by atoms with Crippen LogP contribution in [0, 0.1) is 5.41 Å². The van der Waals surface area contributed by atoms with Gasteiger partial charge in [0, 0.05) is 0 Å². The van der Waals surface area contributed by atoms with Crippen molar-refractivity contribution >= 4 is 16.1 Å². The van der Waals surface area contributed by atoms with Gasteiger partial charge in [-0.3, -0.25) is 4.79 Å². The van der Waals surface area contributed by atoms with Crippen molar-refractivity contribution in [2.24, 2.45) is 5.41 Å². The quantitative estimate of drug-likeness (QED) is 0.309. The smallest absolute Gasteiger partial charge is 0.459 e. The lowest BCUT2D eigenvalue weighted by Crippen LogP contribution is -2.37. The zero-order valence-corrected chi connectivity index (χ0v) is 16.4. The van der Waals surface area contributed by atoms with Gasteiger partial charge >= 0.3 is 21.6 Å². The molecule has 0 radical (unpaired) electrons. The topological polar surface area (TPSA) is 69.7 Å². The van der Waals surface area contributed by atoms with Gasteiger partial charge in [-0.25, -0.2) is 0 Å². The Kier molecular flexibility index (Phi) is 5.98. The van der Waals surface area contributed by atoms with E-state index in [1.54, 1.807) is 45.1 Å². The number of carbonyl (C=O) groups excluding carboxylic acids is 1. The number of hydrogen-bond donors (Lipinski definition) is 0. The van der Waals surface area contributed by atoms with Crippen LogP contribution in [-0.4, -0.2) is 25.5 Å². The Morgan fingerprint density at radius 1 is 1.11 bits per heavy atom. The first-order valence-corrected chi connectivity index (χ1v) is 9.84. The minimum atomic E-state index is -5.84. The lowest BCUT2D eigenvalue weighted by molar-refractivity contribution is -0.162. The van der Waals surface area contributed by atoms with Gasteiger partial charge in [-0.05, 0) is 45.2 Å². The molecule has 0 spiro atoms. The molecule has 2 rings (SSSR count). The molecule has 1 aromatic carbocycles. The molecular weight excluding hydrogens is 397 g/mol. The average Bonchev–Trinajstić information content (AvgIpc) is 2.55. The molecule has 9 heteroatoms.